The van der Waals surface area contributed by atoms with Gasteiger partial charge in [0.25, 0.3) is 11.8 Å². The fourth-order valence-electron chi connectivity index (χ4n) is 2.72. The number of benzene rings is 3. The fraction of sp³-hybridized carbons (Fsp3) is 0.0909. The van der Waals surface area contributed by atoms with Crippen LogP contribution >= 0.6 is 15.9 Å². The van der Waals surface area contributed by atoms with Gasteiger partial charge in [-0.1, -0.05) is 54.6 Å². The van der Waals surface area contributed by atoms with Crippen molar-refractivity contribution >= 4 is 33.4 Å². The number of rotatable bonds is 5. The number of halogens is 1. The SMILES string of the molecule is C[C@@H](NC(=O)c1ccccc1NC(=O)c1ccccc1Br)c1ccccc1. The number of hydrogen-bond donors (Lipinski definition) is 2. The standard InChI is InChI=1S/C22H19BrN2O2/c1-15(16-9-3-2-4-10-16)24-22(27)18-12-6-8-14-20(18)25-21(26)17-11-5-7-13-19(17)23/h2-15H,1H3,(H,24,27)(H,25,26)/t15-/m1/s1. The van der Waals surface area contributed by atoms with Crippen LogP contribution in [-0.2, 0) is 0 Å². The van der Waals surface area contributed by atoms with E-state index in [0.29, 0.717) is 21.3 Å². The Bertz CT molecular complexity index is 957. The normalized spacial score (nSPS) is 11.5. The number of nitrogens with one attached hydrogen (secondary N) is 2. The molecule has 0 spiro atoms. The maximum absolute atomic E-state index is 12.8. The van der Waals surface area contributed by atoms with Gasteiger partial charge < -0.3 is 10.6 Å². The Hall–Kier alpha value is -2.92. The molecule has 0 heterocycles. The van der Waals surface area contributed by atoms with Crippen molar-refractivity contribution in [2.75, 3.05) is 5.32 Å². The van der Waals surface area contributed by atoms with E-state index in [1.165, 1.54) is 0 Å². The summed E-state index contributed by atoms with van der Waals surface area (Å²) >= 11 is 3.38. The molecule has 0 aliphatic carbocycles. The smallest absolute Gasteiger partial charge is 0.256 e. The van der Waals surface area contributed by atoms with Gasteiger partial charge in [0, 0.05) is 4.47 Å². The topological polar surface area (TPSA) is 58.2 Å². The highest BCUT2D eigenvalue weighted by Crippen LogP contribution is 2.21. The van der Waals surface area contributed by atoms with Gasteiger partial charge in [-0.2, -0.15) is 0 Å². The molecule has 136 valence electrons. The molecule has 5 heteroatoms. The van der Waals surface area contributed by atoms with E-state index in [2.05, 4.69) is 26.6 Å². The van der Waals surface area contributed by atoms with Gasteiger partial charge >= 0.3 is 0 Å². The van der Waals surface area contributed by atoms with Crippen molar-refractivity contribution in [3.8, 4) is 0 Å². The van der Waals surface area contributed by atoms with E-state index in [-0.39, 0.29) is 17.9 Å². The Labute approximate surface area is 166 Å². The van der Waals surface area contributed by atoms with Gasteiger partial charge in [0.15, 0.2) is 0 Å². The number of carbonyl (C=O) groups excluding carboxylic acids is 2. The van der Waals surface area contributed by atoms with Gasteiger partial charge in [-0.05, 0) is 52.7 Å². The lowest BCUT2D eigenvalue weighted by Gasteiger charge is -2.16. The van der Waals surface area contributed by atoms with Gasteiger partial charge in [-0.15, -0.1) is 0 Å². The second kappa shape index (κ2) is 8.64. The zero-order chi connectivity index (χ0) is 19.2. The fourth-order valence-corrected chi connectivity index (χ4v) is 3.19. The van der Waals surface area contributed by atoms with Crippen LogP contribution in [0.4, 0.5) is 5.69 Å². The van der Waals surface area contributed by atoms with Crippen molar-refractivity contribution in [3.63, 3.8) is 0 Å². The first-order chi connectivity index (χ1) is 13.1. The average molecular weight is 423 g/mol. The summed E-state index contributed by atoms with van der Waals surface area (Å²) in [5, 5.41) is 5.81. The Balaban J connectivity index is 1.78. The van der Waals surface area contributed by atoms with Crippen molar-refractivity contribution in [3.05, 3.63) is 100 Å². The van der Waals surface area contributed by atoms with Crippen molar-refractivity contribution in [2.45, 2.75) is 13.0 Å². The van der Waals surface area contributed by atoms with Gasteiger partial charge in [0.1, 0.15) is 0 Å². The summed E-state index contributed by atoms with van der Waals surface area (Å²) in [7, 11) is 0. The molecule has 0 radical (unpaired) electrons. The highest BCUT2D eigenvalue weighted by Gasteiger charge is 2.17. The molecule has 2 amide bonds. The maximum Gasteiger partial charge on any atom is 0.256 e. The van der Waals surface area contributed by atoms with Crippen LogP contribution in [0.25, 0.3) is 0 Å². The van der Waals surface area contributed by atoms with Gasteiger partial charge in [0.2, 0.25) is 0 Å². The maximum atomic E-state index is 12.8. The molecule has 0 unspecified atom stereocenters. The molecule has 0 fully saturated rings. The van der Waals surface area contributed by atoms with Crippen LogP contribution in [0.3, 0.4) is 0 Å². The van der Waals surface area contributed by atoms with Crippen LogP contribution < -0.4 is 10.6 Å². The van der Waals surface area contributed by atoms with E-state index in [0.717, 1.165) is 5.56 Å². The molecule has 3 aromatic rings. The lowest BCUT2D eigenvalue weighted by atomic mass is 10.1. The van der Waals surface area contributed by atoms with Crippen LogP contribution in [0, 0.1) is 0 Å². The third-order valence-corrected chi connectivity index (χ3v) is 4.88. The lowest BCUT2D eigenvalue weighted by molar-refractivity contribution is 0.0941. The summed E-state index contributed by atoms with van der Waals surface area (Å²) < 4.78 is 0.696. The van der Waals surface area contributed by atoms with Gasteiger partial charge in [0.05, 0.1) is 22.9 Å². The second-order valence-electron chi connectivity index (χ2n) is 6.09. The minimum absolute atomic E-state index is 0.147. The third-order valence-electron chi connectivity index (χ3n) is 4.19. The van der Waals surface area contributed by atoms with Crippen LogP contribution in [0.5, 0.6) is 0 Å². The first-order valence-electron chi connectivity index (χ1n) is 8.57. The summed E-state index contributed by atoms with van der Waals surface area (Å²) in [6.07, 6.45) is 0. The predicted octanol–water partition coefficient (Wildman–Crippen LogP) is 5.19. The predicted molar refractivity (Wildman–Crippen MR) is 111 cm³/mol. The Morgan fingerprint density at radius 2 is 1.37 bits per heavy atom. The molecule has 3 aromatic carbocycles. The van der Waals surface area contributed by atoms with Crippen molar-refractivity contribution in [1.29, 1.82) is 0 Å². The summed E-state index contributed by atoms with van der Waals surface area (Å²) in [5.41, 5.74) is 2.41. The molecule has 2 N–H and O–H groups in total. The Morgan fingerprint density at radius 1 is 0.778 bits per heavy atom. The highest BCUT2D eigenvalue weighted by molar-refractivity contribution is 9.10. The minimum atomic E-state index is -0.279. The Morgan fingerprint density at radius 3 is 2.07 bits per heavy atom. The molecule has 0 bridgehead atoms. The molecule has 1 atom stereocenters. The highest BCUT2D eigenvalue weighted by atomic mass is 79.9. The number of hydrogen-bond acceptors (Lipinski definition) is 2. The van der Waals surface area contributed by atoms with E-state index in [4.69, 9.17) is 0 Å². The number of para-hydroxylation sites is 1. The molecule has 27 heavy (non-hydrogen) atoms. The van der Waals surface area contributed by atoms with E-state index in [1.807, 2.05) is 43.3 Å². The summed E-state index contributed by atoms with van der Waals surface area (Å²) in [5.74, 6) is -0.520. The number of amides is 2. The van der Waals surface area contributed by atoms with E-state index in [9.17, 15) is 9.59 Å². The van der Waals surface area contributed by atoms with Gasteiger partial charge in [-0.3, -0.25) is 9.59 Å². The first-order valence-corrected chi connectivity index (χ1v) is 9.36. The number of carbonyl (C=O) groups is 2. The van der Waals surface area contributed by atoms with Crippen molar-refractivity contribution in [2.24, 2.45) is 0 Å². The number of anilines is 1. The quantitative estimate of drug-likeness (QED) is 0.593. The average Bonchev–Trinajstić information content (AvgIpc) is 2.69. The van der Waals surface area contributed by atoms with E-state index < -0.39 is 0 Å². The summed E-state index contributed by atoms with van der Waals surface area (Å²) in [6.45, 7) is 1.93. The molecular weight excluding hydrogens is 404 g/mol. The molecule has 4 nitrogen and oxygen atoms in total. The molecule has 0 saturated carbocycles. The van der Waals surface area contributed by atoms with Crippen LogP contribution in [-0.4, -0.2) is 11.8 Å². The van der Waals surface area contributed by atoms with Crippen molar-refractivity contribution in [1.82, 2.24) is 5.32 Å². The summed E-state index contributed by atoms with van der Waals surface area (Å²) in [4.78, 5) is 25.3. The van der Waals surface area contributed by atoms with Gasteiger partial charge in [-0.25, -0.2) is 0 Å². The van der Waals surface area contributed by atoms with Crippen LogP contribution in [0.15, 0.2) is 83.3 Å². The second-order valence-corrected chi connectivity index (χ2v) is 6.94. The molecule has 3 rings (SSSR count). The lowest BCUT2D eigenvalue weighted by Crippen LogP contribution is -2.28. The zero-order valence-electron chi connectivity index (χ0n) is 14.8. The largest absolute Gasteiger partial charge is 0.345 e. The van der Waals surface area contributed by atoms with Crippen molar-refractivity contribution < 1.29 is 9.59 Å². The molecular formula is C22H19BrN2O2. The molecule has 0 aliphatic heterocycles. The minimum Gasteiger partial charge on any atom is -0.345 e. The summed E-state index contributed by atoms with van der Waals surface area (Å²) in [6, 6.07) is 23.7. The van der Waals surface area contributed by atoms with E-state index in [1.54, 1.807) is 42.5 Å². The first kappa shape index (κ1) is 18.9. The van der Waals surface area contributed by atoms with Crippen LogP contribution in [0.1, 0.15) is 39.2 Å². The molecule has 0 aliphatic rings. The monoisotopic (exact) mass is 422 g/mol. The van der Waals surface area contributed by atoms with Crippen LogP contribution in [0.2, 0.25) is 0 Å². The van der Waals surface area contributed by atoms with E-state index >= 15 is 0 Å². The third kappa shape index (κ3) is 4.63. The molecule has 0 saturated heterocycles. The molecule has 0 aromatic heterocycles. The Kier molecular flexibility index (Phi) is 6.04. The zero-order valence-corrected chi connectivity index (χ0v) is 16.4.